The van der Waals surface area contributed by atoms with Crippen LogP contribution < -0.4 is 5.76 Å². The average Bonchev–Trinajstić information content (AvgIpc) is 3.54. The van der Waals surface area contributed by atoms with E-state index in [1.54, 1.807) is 30.5 Å². The second-order valence-electron chi connectivity index (χ2n) is 12.5. The lowest BCUT2D eigenvalue weighted by atomic mass is 9.88. The predicted octanol–water partition coefficient (Wildman–Crippen LogP) is 5.62. The van der Waals surface area contributed by atoms with Crippen LogP contribution in [0, 0.1) is 24.2 Å². The van der Waals surface area contributed by atoms with Gasteiger partial charge in [-0.1, -0.05) is 13.0 Å². The molecule has 11 nitrogen and oxygen atoms in total. The number of sulfonamides is 1. The highest BCUT2D eigenvalue weighted by atomic mass is 32.2. The van der Waals surface area contributed by atoms with E-state index < -0.39 is 15.8 Å². The molecule has 0 radical (unpaired) electrons. The molecule has 7 rings (SSSR count). The first-order chi connectivity index (χ1) is 23.3. The van der Waals surface area contributed by atoms with Gasteiger partial charge in [-0.3, -0.25) is 19.5 Å². The summed E-state index contributed by atoms with van der Waals surface area (Å²) in [6.45, 7) is 6.13. The van der Waals surface area contributed by atoms with Gasteiger partial charge in [-0.15, -0.1) is 0 Å². The number of nitriles is 1. The fraction of sp³-hybridized carbons (Fsp3) is 0.361. The third-order valence-electron chi connectivity index (χ3n) is 9.24. The minimum Gasteiger partial charge on any atom is -0.408 e. The summed E-state index contributed by atoms with van der Waals surface area (Å²) in [7, 11) is -3.87. The van der Waals surface area contributed by atoms with Gasteiger partial charge in [0.05, 0.1) is 35.6 Å². The zero-order valence-corrected chi connectivity index (χ0v) is 27.8. The SMILES string of the molecule is CCCN1Cc2nc(CCC3CCOCC3)c(-c3ccnc(C)c3)c(-c3ccc4c(c3)oc(=O)n4Cc3ccc(C#N)cn3)c2S1(=O)=O. The second-order valence-corrected chi connectivity index (χ2v) is 14.4. The molecule has 1 fully saturated rings. The molecule has 246 valence electrons. The molecule has 0 amide bonds. The zero-order chi connectivity index (χ0) is 33.4. The topological polar surface area (TPSA) is 144 Å². The number of aryl methyl sites for hydroxylation is 2. The maximum absolute atomic E-state index is 14.3. The summed E-state index contributed by atoms with van der Waals surface area (Å²) in [5.41, 5.74) is 6.89. The fourth-order valence-corrected chi connectivity index (χ4v) is 8.71. The summed E-state index contributed by atoms with van der Waals surface area (Å²) >= 11 is 0. The molecule has 48 heavy (non-hydrogen) atoms. The van der Waals surface area contributed by atoms with Gasteiger partial charge in [-0.25, -0.2) is 13.2 Å². The Labute approximate surface area is 278 Å². The molecule has 0 saturated carbocycles. The Kier molecular flexibility index (Phi) is 8.68. The lowest BCUT2D eigenvalue weighted by molar-refractivity contribution is 0.0639. The van der Waals surface area contributed by atoms with Crippen molar-refractivity contribution in [1.82, 2.24) is 23.8 Å². The van der Waals surface area contributed by atoms with Crippen LogP contribution in [0.4, 0.5) is 0 Å². The van der Waals surface area contributed by atoms with Crippen LogP contribution in [0.15, 0.2) is 69.0 Å². The van der Waals surface area contributed by atoms with Crippen LogP contribution in [-0.2, 0) is 34.3 Å². The third-order valence-corrected chi connectivity index (χ3v) is 11.2. The first kappa shape index (κ1) is 31.9. The zero-order valence-electron chi connectivity index (χ0n) is 27.0. The second kappa shape index (κ2) is 13.1. The molecular formula is C36H36N6O5S. The van der Waals surface area contributed by atoms with Gasteiger partial charge in [0.2, 0.25) is 10.0 Å². The highest BCUT2D eigenvalue weighted by molar-refractivity contribution is 7.89. The van der Waals surface area contributed by atoms with Crippen molar-refractivity contribution >= 4 is 21.1 Å². The van der Waals surface area contributed by atoms with Crippen molar-refractivity contribution in [3.05, 3.63) is 93.7 Å². The molecule has 0 bridgehead atoms. The molecule has 2 aliphatic heterocycles. The lowest BCUT2D eigenvalue weighted by Crippen LogP contribution is -2.25. The van der Waals surface area contributed by atoms with Crippen molar-refractivity contribution in [3.8, 4) is 28.3 Å². The first-order valence-corrected chi connectivity index (χ1v) is 17.8. The smallest absolute Gasteiger partial charge is 0.408 e. The Morgan fingerprint density at radius 1 is 1.04 bits per heavy atom. The molecule has 6 heterocycles. The molecule has 1 saturated heterocycles. The molecule has 4 aromatic heterocycles. The van der Waals surface area contributed by atoms with Crippen LogP contribution in [0.3, 0.4) is 0 Å². The van der Waals surface area contributed by atoms with Gasteiger partial charge in [0, 0.05) is 54.7 Å². The van der Waals surface area contributed by atoms with E-state index in [1.807, 2.05) is 38.1 Å². The molecule has 0 spiro atoms. The van der Waals surface area contributed by atoms with Crippen LogP contribution >= 0.6 is 0 Å². The molecule has 0 atom stereocenters. The Bertz CT molecular complexity index is 2210. The van der Waals surface area contributed by atoms with E-state index in [-0.39, 0.29) is 18.0 Å². The monoisotopic (exact) mass is 664 g/mol. The summed E-state index contributed by atoms with van der Waals surface area (Å²) in [5.74, 6) is -0.0577. The van der Waals surface area contributed by atoms with Gasteiger partial charge in [-0.05, 0) is 92.5 Å². The van der Waals surface area contributed by atoms with E-state index in [0.29, 0.717) is 64.5 Å². The molecule has 12 heteroatoms. The summed E-state index contributed by atoms with van der Waals surface area (Å²) in [6, 6.07) is 14.7. The number of benzene rings is 1. The van der Waals surface area contributed by atoms with Crippen molar-refractivity contribution in [1.29, 1.82) is 5.26 Å². The summed E-state index contributed by atoms with van der Waals surface area (Å²) in [5, 5.41) is 9.12. The van der Waals surface area contributed by atoms with Crippen LogP contribution in [0.25, 0.3) is 33.4 Å². The Hall–Kier alpha value is -4.70. The molecule has 0 unspecified atom stereocenters. The van der Waals surface area contributed by atoms with E-state index in [2.05, 4.69) is 9.97 Å². The number of hydrogen-bond acceptors (Lipinski definition) is 9. The maximum atomic E-state index is 14.3. The van der Waals surface area contributed by atoms with Gasteiger partial charge in [0.15, 0.2) is 5.58 Å². The van der Waals surface area contributed by atoms with Gasteiger partial charge < -0.3 is 9.15 Å². The molecule has 0 N–H and O–H groups in total. The fourth-order valence-electron chi connectivity index (χ4n) is 6.85. The predicted molar refractivity (Wildman–Crippen MR) is 179 cm³/mol. The van der Waals surface area contributed by atoms with E-state index >= 15 is 0 Å². The minimum atomic E-state index is -3.87. The number of aromatic nitrogens is 4. The van der Waals surface area contributed by atoms with Crippen molar-refractivity contribution < 1.29 is 17.6 Å². The van der Waals surface area contributed by atoms with E-state index in [4.69, 9.17) is 19.4 Å². The number of hydrogen-bond donors (Lipinski definition) is 0. The number of oxazole rings is 1. The minimum absolute atomic E-state index is 0.153. The summed E-state index contributed by atoms with van der Waals surface area (Å²) < 4.78 is 42.9. The number of fused-ring (bicyclic) bond motifs is 2. The maximum Gasteiger partial charge on any atom is 0.420 e. The number of pyridine rings is 3. The molecule has 1 aromatic carbocycles. The van der Waals surface area contributed by atoms with Crippen LogP contribution in [-0.4, -0.2) is 52.0 Å². The number of rotatable bonds is 9. The van der Waals surface area contributed by atoms with Crippen molar-refractivity contribution in [2.75, 3.05) is 19.8 Å². The Morgan fingerprint density at radius 3 is 2.58 bits per heavy atom. The molecule has 5 aromatic rings. The van der Waals surface area contributed by atoms with E-state index in [1.165, 1.54) is 15.1 Å². The van der Waals surface area contributed by atoms with Gasteiger partial charge >= 0.3 is 5.76 Å². The van der Waals surface area contributed by atoms with Crippen molar-refractivity contribution in [2.24, 2.45) is 5.92 Å². The highest BCUT2D eigenvalue weighted by Gasteiger charge is 2.40. The van der Waals surface area contributed by atoms with Crippen molar-refractivity contribution in [3.63, 3.8) is 0 Å². The van der Waals surface area contributed by atoms with Crippen LogP contribution in [0.2, 0.25) is 0 Å². The summed E-state index contributed by atoms with van der Waals surface area (Å²) in [4.78, 5) is 27.2. The molecular weight excluding hydrogens is 629 g/mol. The first-order valence-electron chi connectivity index (χ1n) is 16.3. The van der Waals surface area contributed by atoms with Crippen LogP contribution in [0.5, 0.6) is 0 Å². The lowest BCUT2D eigenvalue weighted by Gasteiger charge is -2.23. The quantitative estimate of drug-likeness (QED) is 0.196. The van der Waals surface area contributed by atoms with Gasteiger partial charge in [0.1, 0.15) is 11.0 Å². The Morgan fingerprint density at radius 2 is 1.85 bits per heavy atom. The van der Waals surface area contributed by atoms with Gasteiger partial charge in [-0.2, -0.15) is 9.57 Å². The molecule has 0 aliphatic carbocycles. The molecule has 2 aliphatic rings. The largest absolute Gasteiger partial charge is 0.420 e. The number of nitrogens with zero attached hydrogens (tertiary/aromatic N) is 6. The highest BCUT2D eigenvalue weighted by Crippen LogP contribution is 2.46. The average molecular weight is 665 g/mol. The standard InChI is InChI=1S/C36H36N6O5S/c1-3-14-41-22-30-35(48(41,44)45)34(33(27-10-13-38-23(2)17-27)29(40-30)8-5-24-11-15-46-16-12-24)26-6-9-31-32(18-26)47-36(43)42(31)21-28-7-4-25(19-37)20-39-28/h4,6-7,9-10,13,17-18,20,24H,3,5,8,11-12,14-16,21-22H2,1-2H3. The van der Waals surface area contributed by atoms with E-state index in [0.717, 1.165) is 55.0 Å². The van der Waals surface area contributed by atoms with Gasteiger partial charge in [0.25, 0.3) is 0 Å². The normalized spacial score (nSPS) is 16.3. The van der Waals surface area contributed by atoms with E-state index in [9.17, 15) is 13.2 Å². The summed E-state index contributed by atoms with van der Waals surface area (Å²) in [6.07, 6.45) is 7.46. The third kappa shape index (κ3) is 5.94. The van der Waals surface area contributed by atoms with Crippen LogP contribution in [0.1, 0.15) is 60.9 Å². The Balaban J connectivity index is 1.42. The van der Waals surface area contributed by atoms with Crippen molar-refractivity contribution in [2.45, 2.75) is 63.9 Å². The number of ether oxygens (including phenoxy) is 1.